The van der Waals surface area contributed by atoms with Gasteiger partial charge in [-0.2, -0.15) is 0 Å². The van der Waals surface area contributed by atoms with Crippen LogP contribution in [0.2, 0.25) is 0 Å². The molecule has 1 aromatic heterocycles. The van der Waals surface area contributed by atoms with Crippen molar-refractivity contribution in [3.63, 3.8) is 0 Å². The number of piperazine rings is 1. The second-order valence-electron chi connectivity index (χ2n) is 7.31. The summed E-state index contributed by atoms with van der Waals surface area (Å²) in [7, 11) is 0. The van der Waals surface area contributed by atoms with Crippen LogP contribution in [0.15, 0.2) is 24.5 Å². The fourth-order valence-corrected chi connectivity index (χ4v) is 3.69. The second-order valence-corrected chi connectivity index (χ2v) is 7.31. The number of hydrogen-bond acceptors (Lipinski definition) is 5. The third-order valence-corrected chi connectivity index (χ3v) is 5.30. The summed E-state index contributed by atoms with van der Waals surface area (Å²) in [5.41, 5.74) is 1.30. The lowest BCUT2D eigenvalue weighted by atomic mass is 10.0. The smallest absolute Gasteiger partial charge is 0.414 e. The highest BCUT2D eigenvalue weighted by atomic mass is 16.4. The monoisotopic (exact) mass is 391 g/mol. The lowest BCUT2D eigenvalue weighted by molar-refractivity contribution is -0.159. The van der Waals surface area contributed by atoms with E-state index in [1.54, 1.807) is 0 Å². The zero-order valence-corrected chi connectivity index (χ0v) is 16.1. The molecular weight excluding hydrogens is 362 g/mol. The minimum atomic E-state index is -1.82. The third-order valence-electron chi connectivity index (χ3n) is 5.30. The van der Waals surface area contributed by atoms with E-state index in [0.717, 1.165) is 51.5 Å². The molecule has 1 aromatic rings. The molecule has 1 amide bonds. The molecule has 2 heterocycles. The number of aromatic nitrogens is 1. The van der Waals surface area contributed by atoms with Crippen LogP contribution in [0.5, 0.6) is 0 Å². The maximum atomic E-state index is 12.3. The number of carboxylic acid groups (broad SMARTS) is 2. The van der Waals surface area contributed by atoms with Crippen LogP contribution in [-0.2, 0) is 20.9 Å². The van der Waals surface area contributed by atoms with Crippen LogP contribution in [0.3, 0.4) is 0 Å². The molecule has 0 unspecified atom stereocenters. The first-order chi connectivity index (χ1) is 13.5. The second kappa shape index (κ2) is 11.4. The largest absolute Gasteiger partial charge is 0.473 e. The van der Waals surface area contributed by atoms with Gasteiger partial charge >= 0.3 is 11.9 Å². The minimum absolute atomic E-state index is 0.371. The number of nitrogens with zero attached hydrogens (tertiary/aromatic N) is 3. The molecule has 2 aliphatic rings. The number of amides is 1. The van der Waals surface area contributed by atoms with E-state index in [4.69, 9.17) is 19.8 Å². The standard InChI is InChI=1S/C18H27N3O.C2H2O4/c22-18(6-5-16-3-1-2-4-16)21-13-11-20(12-14-21)15-17-7-9-19-10-8-17;3-1(4)2(5)6/h7-10,16H,1-6,11-15H2;(H,3,4)(H,5,6). The number of carboxylic acids is 2. The van der Waals surface area contributed by atoms with Crippen LogP contribution >= 0.6 is 0 Å². The summed E-state index contributed by atoms with van der Waals surface area (Å²) in [5, 5.41) is 14.8. The van der Waals surface area contributed by atoms with E-state index in [0.29, 0.717) is 5.91 Å². The molecule has 1 aliphatic carbocycles. The minimum Gasteiger partial charge on any atom is -0.473 e. The van der Waals surface area contributed by atoms with Crippen molar-refractivity contribution in [1.82, 2.24) is 14.8 Å². The molecule has 1 aliphatic heterocycles. The van der Waals surface area contributed by atoms with Crippen molar-refractivity contribution < 1.29 is 24.6 Å². The average Bonchev–Trinajstić information content (AvgIpc) is 3.21. The molecule has 0 radical (unpaired) electrons. The summed E-state index contributed by atoms with van der Waals surface area (Å²) >= 11 is 0. The molecule has 154 valence electrons. The van der Waals surface area contributed by atoms with Gasteiger partial charge in [0.25, 0.3) is 0 Å². The van der Waals surface area contributed by atoms with Crippen molar-refractivity contribution >= 4 is 17.8 Å². The molecule has 3 rings (SSSR count). The van der Waals surface area contributed by atoms with Crippen molar-refractivity contribution in [2.24, 2.45) is 5.92 Å². The van der Waals surface area contributed by atoms with E-state index >= 15 is 0 Å². The predicted octanol–water partition coefficient (Wildman–Crippen LogP) is 1.85. The molecule has 1 saturated carbocycles. The highest BCUT2D eigenvalue weighted by Gasteiger charge is 2.22. The Morgan fingerprint density at radius 2 is 1.54 bits per heavy atom. The maximum Gasteiger partial charge on any atom is 0.414 e. The summed E-state index contributed by atoms with van der Waals surface area (Å²) in [6, 6.07) is 4.14. The highest BCUT2D eigenvalue weighted by Crippen LogP contribution is 2.28. The number of rotatable bonds is 5. The first-order valence-corrected chi connectivity index (χ1v) is 9.81. The van der Waals surface area contributed by atoms with Gasteiger partial charge in [-0.15, -0.1) is 0 Å². The Morgan fingerprint density at radius 1 is 0.964 bits per heavy atom. The molecule has 8 nitrogen and oxygen atoms in total. The van der Waals surface area contributed by atoms with Crippen LogP contribution in [0.4, 0.5) is 0 Å². The molecule has 2 N–H and O–H groups in total. The number of carbonyl (C=O) groups is 3. The van der Waals surface area contributed by atoms with Gasteiger partial charge in [-0.05, 0) is 30.0 Å². The zero-order valence-electron chi connectivity index (χ0n) is 16.1. The predicted molar refractivity (Wildman–Crippen MR) is 103 cm³/mol. The SMILES string of the molecule is O=C(CCC1CCCC1)N1CCN(Cc2ccncc2)CC1.O=C(O)C(=O)O. The molecule has 2 fully saturated rings. The maximum absolute atomic E-state index is 12.3. The van der Waals surface area contributed by atoms with E-state index in [9.17, 15) is 4.79 Å². The van der Waals surface area contributed by atoms with Crippen molar-refractivity contribution in [2.45, 2.75) is 45.1 Å². The highest BCUT2D eigenvalue weighted by molar-refractivity contribution is 6.27. The van der Waals surface area contributed by atoms with Crippen molar-refractivity contribution in [3.8, 4) is 0 Å². The van der Waals surface area contributed by atoms with Crippen LogP contribution in [-0.4, -0.2) is 69.0 Å². The molecule has 0 spiro atoms. The number of aliphatic carboxylic acids is 2. The van der Waals surface area contributed by atoms with Gasteiger partial charge in [0.2, 0.25) is 5.91 Å². The van der Waals surface area contributed by atoms with Gasteiger partial charge < -0.3 is 15.1 Å². The van der Waals surface area contributed by atoms with Crippen molar-refractivity contribution in [3.05, 3.63) is 30.1 Å². The number of pyridine rings is 1. The lowest BCUT2D eigenvalue weighted by Gasteiger charge is -2.35. The Kier molecular flexibility index (Phi) is 8.87. The topological polar surface area (TPSA) is 111 Å². The Labute approximate surface area is 165 Å². The quantitative estimate of drug-likeness (QED) is 0.737. The first kappa shape index (κ1) is 21.8. The van der Waals surface area contributed by atoms with Gasteiger partial charge in [0.15, 0.2) is 0 Å². The van der Waals surface area contributed by atoms with E-state index < -0.39 is 11.9 Å². The van der Waals surface area contributed by atoms with Gasteiger partial charge in [-0.3, -0.25) is 14.7 Å². The van der Waals surface area contributed by atoms with Gasteiger partial charge in [0, 0.05) is 51.5 Å². The lowest BCUT2D eigenvalue weighted by Crippen LogP contribution is -2.48. The van der Waals surface area contributed by atoms with Crippen LogP contribution in [0.25, 0.3) is 0 Å². The summed E-state index contributed by atoms with van der Waals surface area (Å²) in [4.78, 5) is 39.1. The van der Waals surface area contributed by atoms with Gasteiger partial charge in [-0.25, -0.2) is 9.59 Å². The van der Waals surface area contributed by atoms with Gasteiger partial charge in [0.05, 0.1) is 0 Å². The average molecular weight is 391 g/mol. The molecule has 0 bridgehead atoms. The Hall–Kier alpha value is -2.48. The zero-order chi connectivity index (χ0) is 20.4. The van der Waals surface area contributed by atoms with Crippen LogP contribution in [0, 0.1) is 5.92 Å². The summed E-state index contributed by atoms with van der Waals surface area (Å²) in [6.45, 7) is 4.70. The molecule has 8 heteroatoms. The number of hydrogen-bond donors (Lipinski definition) is 2. The summed E-state index contributed by atoms with van der Waals surface area (Å²) in [5.74, 6) is -2.46. The molecular formula is C20H29N3O5. The fourth-order valence-electron chi connectivity index (χ4n) is 3.69. The normalized spacial score (nSPS) is 17.6. The molecule has 28 heavy (non-hydrogen) atoms. The Bertz CT molecular complexity index is 627. The molecule has 0 aromatic carbocycles. The molecule has 1 saturated heterocycles. The third kappa shape index (κ3) is 7.64. The Balaban J connectivity index is 0.000000409. The fraction of sp³-hybridized carbons (Fsp3) is 0.600. The van der Waals surface area contributed by atoms with Crippen molar-refractivity contribution in [2.75, 3.05) is 26.2 Å². The van der Waals surface area contributed by atoms with Gasteiger partial charge in [0.1, 0.15) is 0 Å². The summed E-state index contributed by atoms with van der Waals surface area (Å²) in [6.07, 6.45) is 11.0. The van der Waals surface area contributed by atoms with Crippen LogP contribution < -0.4 is 0 Å². The van der Waals surface area contributed by atoms with Crippen molar-refractivity contribution in [1.29, 1.82) is 0 Å². The van der Waals surface area contributed by atoms with E-state index in [1.807, 2.05) is 12.4 Å². The first-order valence-electron chi connectivity index (χ1n) is 9.81. The molecule has 0 atom stereocenters. The summed E-state index contributed by atoms with van der Waals surface area (Å²) < 4.78 is 0. The van der Waals surface area contributed by atoms with Gasteiger partial charge in [-0.1, -0.05) is 25.7 Å². The van der Waals surface area contributed by atoms with E-state index in [2.05, 4.69) is 26.9 Å². The Morgan fingerprint density at radius 3 is 2.07 bits per heavy atom. The van der Waals surface area contributed by atoms with E-state index in [1.165, 1.54) is 31.2 Å². The number of carbonyl (C=O) groups excluding carboxylic acids is 1. The van der Waals surface area contributed by atoms with E-state index in [-0.39, 0.29) is 0 Å². The van der Waals surface area contributed by atoms with Crippen LogP contribution in [0.1, 0.15) is 44.1 Å².